The number of nitrogens with one attached hydrogen (secondary N) is 1. The maximum absolute atomic E-state index is 13.7. The molecule has 184 valence electrons. The van der Waals surface area contributed by atoms with Crippen LogP contribution in [0, 0.1) is 5.41 Å². The highest BCUT2D eigenvalue weighted by Crippen LogP contribution is 2.40. The molecule has 4 rings (SSSR count). The van der Waals surface area contributed by atoms with Crippen molar-refractivity contribution >= 4 is 21.7 Å². The number of sulfone groups is 1. The second-order valence-electron chi connectivity index (χ2n) is 10.8. The maximum atomic E-state index is 13.7. The Hall–Kier alpha value is -2.01. The third-order valence-electron chi connectivity index (χ3n) is 6.94. The van der Waals surface area contributed by atoms with Gasteiger partial charge < -0.3 is 15.3 Å². The smallest absolute Gasteiger partial charge is 0.248 e. The normalized spacial score (nSPS) is 28.1. The Morgan fingerprint density at radius 2 is 2.00 bits per heavy atom. The van der Waals surface area contributed by atoms with E-state index in [4.69, 9.17) is 0 Å². The van der Waals surface area contributed by atoms with Crippen LogP contribution in [0.1, 0.15) is 76.9 Å². The molecule has 3 aliphatic rings. The molecule has 3 unspecified atom stereocenters. The number of likely N-dealkylation sites (tertiary alicyclic amines) is 1. The monoisotopic (exact) mass is 481 g/mol. The molecule has 1 aliphatic carbocycles. The summed E-state index contributed by atoms with van der Waals surface area (Å²) in [6, 6.07) is -1.47. The van der Waals surface area contributed by atoms with E-state index in [0.29, 0.717) is 25.2 Å². The van der Waals surface area contributed by atoms with E-state index in [0.717, 1.165) is 18.5 Å². The zero-order chi connectivity index (χ0) is 24.0. The standard InChI is InChI=1S/C22H35N5O5S/c1-22(2,3)19(27-13-17(24-25-27)14-6-7-14)21(30)26-12-15(28)11-18(26)20(29)23-9-8-16-5-4-10-33(16,31)32/h13-16,18-19,28H,4-12H2,1-3H3,(H,23,29)/t15?,16?,18?,19-/m1/s1. The Labute approximate surface area is 195 Å². The molecule has 0 radical (unpaired) electrons. The van der Waals surface area contributed by atoms with Crippen molar-refractivity contribution in [2.45, 2.75) is 88.7 Å². The number of β-amino-alcohol motifs (C(OH)–C–C–N with tert-alkyl or cyclic N) is 1. The number of hydrogen-bond acceptors (Lipinski definition) is 7. The molecule has 4 atom stereocenters. The van der Waals surface area contributed by atoms with Gasteiger partial charge in [-0.2, -0.15) is 0 Å². The first kappa shape index (κ1) is 24.1. The van der Waals surface area contributed by atoms with Crippen molar-refractivity contribution in [3.63, 3.8) is 0 Å². The van der Waals surface area contributed by atoms with Gasteiger partial charge in [0.1, 0.15) is 12.1 Å². The zero-order valence-corrected chi connectivity index (χ0v) is 20.4. The molecule has 0 spiro atoms. The molecule has 1 aromatic heterocycles. The highest BCUT2D eigenvalue weighted by atomic mass is 32.2. The van der Waals surface area contributed by atoms with Gasteiger partial charge in [-0.1, -0.05) is 26.0 Å². The molecule has 10 nitrogen and oxygen atoms in total. The van der Waals surface area contributed by atoms with E-state index in [1.54, 1.807) is 4.68 Å². The summed E-state index contributed by atoms with van der Waals surface area (Å²) in [5.74, 6) is -0.0166. The van der Waals surface area contributed by atoms with E-state index in [-0.39, 0.29) is 37.1 Å². The van der Waals surface area contributed by atoms with Gasteiger partial charge in [0.05, 0.1) is 22.8 Å². The number of carbonyl (C=O) groups excluding carboxylic acids is 2. The Morgan fingerprint density at radius 1 is 1.27 bits per heavy atom. The Kier molecular flexibility index (Phi) is 6.56. The molecular weight excluding hydrogens is 446 g/mol. The van der Waals surface area contributed by atoms with Crippen LogP contribution in [0.25, 0.3) is 0 Å². The van der Waals surface area contributed by atoms with Crippen LogP contribution in [-0.4, -0.2) is 81.5 Å². The van der Waals surface area contributed by atoms with Gasteiger partial charge in [0.25, 0.3) is 0 Å². The Balaban J connectivity index is 1.45. The second kappa shape index (κ2) is 8.98. The molecule has 3 heterocycles. The summed E-state index contributed by atoms with van der Waals surface area (Å²) in [5, 5.41) is 21.1. The second-order valence-corrected chi connectivity index (χ2v) is 13.2. The fraction of sp³-hybridized carbons (Fsp3) is 0.818. The first-order valence-corrected chi connectivity index (χ1v) is 13.6. The Morgan fingerprint density at radius 3 is 2.61 bits per heavy atom. The number of aliphatic hydroxyl groups is 1. The van der Waals surface area contributed by atoms with Gasteiger partial charge in [0, 0.05) is 31.6 Å². The maximum Gasteiger partial charge on any atom is 0.248 e. The van der Waals surface area contributed by atoms with E-state index >= 15 is 0 Å². The van der Waals surface area contributed by atoms with Crippen molar-refractivity contribution in [3.05, 3.63) is 11.9 Å². The molecule has 2 N–H and O–H groups in total. The first-order chi connectivity index (χ1) is 15.5. The van der Waals surface area contributed by atoms with Crippen LogP contribution >= 0.6 is 0 Å². The lowest BCUT2D eigenvalue weighted by Crippen LogP contribution is -2.50. The van der Waals surface area contributed by atoms with Gasteiger partial charge in [-0.15, -0.1) is 5.10 Å². The molecule has 2 saturated heterocycles. The number of hydrogen-bond donors (Lipinski definition) is 2. The van der Waals surface area contributed by atoms with Gasteiger partial charge in [0.2, 0.25) is 11.8 Å². The lowest BCUT2D eigenvalue weighted by Gasteiger charge is -2.34. The SMILES string of the molecule is CC(C)(C)[C@@H](C(=O)N1CC(O)CC1C(=O)NCCC1CCCS1(=O)=O)n1cc(C2CC2)nn1. The molecule has 33 heavy (non-hydrogen) atoms. The first-order valence-electron chi connectivity index (χ1n) is 11.9. The van der Waals surface area contributed by atoms with Crippen molar-refractivity contribution in [3.8, 4) is 0 Å². The van der Waals surface area contributed by atoms with Crippen LogP contribution in [0.3, 0.4) is 0 Å². The third-order valence-corrected chi connectivity index (χ3v) is 9.28. The van der Waals surface area contributed by atoms with Gasteiger partial charge in [-0.25, -0.2) is 13.1 Å². The summed E-state index contributed by atoms with van der Waals surface area (Å²) in [6.07, 6.45) is 5.00. The molecule has 3 fully saturated rings. The molecule has 2 amide bonds. The van der Waals surface area contributed by atoms with E-state index < -0.39 is 38.7 Å². The van der Waals surface area contributed by atoms with Crippen molar-refractivity contribution < 1.29 is 23.1 Å². The van der Waals surface area contributed by atoms with Gasteiger partial charge in [0.15, 0.2) is 9.84 Å². The highest BCUT2D eigenvalue weighted by Gasteiger charge is 2.45. The van der Waals surface area contributed by atoms with Gasteiger partial charge >= 0.3 is 0 Å². The molecule has 0 aromatic carbocycles. The van der Waals surface area contributed by atoms with E-state index in [1.165, 1.54) is 4.90 Å². The Bertz CT molecular complexity index is 997. The van der Waals surface area contributed by atoms with Crippen molar-refractivity contribution in [1.82, 2.24) is 25.2 Å². The fourth-order valence-electron chi connectivity index (χ4n) is 4.98. The average molecular weight is 482 g/mol. The lowest BCUT2D eigenvalue weighted by molar-refractivity contribution is -0.144. The van der Waals surface area contributed by atoms with Crippen LogP contribution in [0.15, 0.2) is 6.20 Å². The number of nitrogens with zero attached hydrogens (tertiary/aromatic N) is 4. The number of carbonyl (C=O) groups is 2. The lowest BCUT2D eigenvalue weighted by atomic mass is 9.85. The van der Waals surface area contributed by atoms with Crippen LogP contribution in [0.2, 0.25) is 0 Å². The third kappa shape index (κ3) is 5.24. The minimum atomic E-state index is -3.07. The number of rotatable bonds is 7. The minimum absolute atomic E-state index is 0.0741. The summed E-state index contributed by atoms with van der Waals surface area (Å²) >= 11 is 0. The number of aromatic nitrogens is 3. The van der Waals surface area contributed by atoms with E-state index in [9.17, 15) is 23.1 Å². The molecule has 0 bridgehead atoms. The quantitative estimate of drug-likeness (QED) is 0.588. The largest absolute Gasteiger partial charge is 0.391 e. The summed E-state index contributed by atoms with van der Waals surface area (Å²) in [6.45, 7) is 6.13. The molecule has 2 aliphatic heterocycles. The average Bonchev–Trinajstić information content (AvgIpc) is 3.17. The minimum Gasteiger partial charge on any atom is -0.391 e. The van der Waals surface area contributed by atoms with E-state index in [1.807, 2.05) is 27.0 Å². The fourth-order valence-corrected chi connectivity index (χ4v) is 6.89. The molecular formula is C22H35N5O5S. The van der Waals surface area contributed by atoms with Crippen molar-refractivity contribution in [2.24, 2.45) is 5.41 Å². The van der Waals surface area contributed by atoms with Crippen LogP contribution in [0.5, 0.6) is 0 Å². The van der Waals surface area contributed by atoms with Crippen molar-refractivity contribution in [2.75, 3.05) is 18.8 Å². The van der Waals surface area contributed by atoms with Crippen molar-refractivity contribution in [1.29, 1.82) is 0 Å². The predicted molar refractivity (Wildman–Crippen MR) is 121 cm³/mol. The molecule has 1 saturated carbocycles. The molecule has 11 heteroatoms. The van der Waals surface area contributed by atoms with Gasteiger partial charge in [-0.3, -0.25) is 9.59 Å². The number of aliphatic hydroxyl groups excluding tert-OH is 1. The van der Waals surface area contributed by atoms with Gasteiger partial charge in [-0.05, 0) is 37.5 Å². The van der Waals surface area contributed by atoms with Crippen LogP contribution < -0.4 is 5.32 Å². The summed E-state index contributed by atoms with van der Waals surface area (Å²) < 4.78 is 25.6. The van der Waals surface area contributed by atoms with E-state index in [2.05, 4.69) is 15.6 Å². The van der Waals surface area contributed by atoms with Crippen LogP contribution in [-0.2, 0) is 19.4 Å². The number of amides is 2. The highest BCUT2D eigenvalue weighted by molar-refractivity contribution is 7.92. The zero-order valence-electron chi connectivity index (χ0n) is 19.6. The summed E-state index contributed by atoms with van der Waals surface area (Å²) in [7, 11) is -3.07. The summed E-state index contributed by atoms with van der Waals surface area (Å²) in [4.78, 5) is 28.1. The molecule has 1 aromatic rings. The summed E-state index contributed by atoms with van der Waals surface area (Å²) in [5.41, 5.74) is 0.395. The van der Waals surface area contributed by atoms with Crippen LogP contribution in [0.4, 0.5) is 0 Å². The predicted octanol–water partition coefficient (Wildman–Crippen LogP) is 0.788. The topological polar surface area (TPSA) is 134 Å².